The molecule has 0 aliphatic rings. The van der Waals surface area contributed by atoms with Crippen LogP contribution in [0.25, 0.3) is 122 Å². The molecule has 63 heavy (non-hydrogen) atoms. The highest BCUT2D eigenvalue weighted by molar-refractivity contribution is 6.17. The molecule has 0 saturated heterocycles. The smallest absolute Gasteiger partial charge is 0.164 e. The summed E-state index contributed by atoms with van der Waals surface area (Å²) in [6, 6.07) is 75.8. The molecule has 0 bridgehead atoms. The number of hydrogen-bond acceptors (Lipinski definition) is 5. The van der Waals surface area contributed by atoms with Gasteiger partial charge in [0.1, 0.15) is 11.2 Å². The van der Waals surface area contributed by atoms with Crippen molar-refractivity contribution < 1.29 is 4.42 Å². The molecule has 5 heteroatoms. The van der Waals surface area contributed by atoms with E-state index in [1.807, 2.05) is 54.6 Å². The van der Waals surface area contributed by atoms with Gasteiger partial charge in [0, 0.05) is 54.7 Å². The zero-order valence-electron chi connectivity index (χ0n) is 34.0. The Hall–Kier alpha value is -8.54. The number of furan rings is 1. The average Bonchev–Trinajstić information content (AvgIpc) is 3.76. The largest absolute Gasteiger partial charge is 0.455 e. The van der Waals surface area contributed by atoms with Crippen molar-refractivity contribution in [1.82, 2.24) is 19.9 Å². The highest BCUT2D eigenvalue weighted by atomic mass is 16.3. The van der Waals surface area contributed by atoms with Crippen molar-refractivity contribution in [3.8, 4) is 78.8 Å². The van der Waals surface area contributed by atoms with E-state index in [-0.39, 0.29) is 0 Å². The van der Waals surface area contributed by atoms with E-state index in [0.29, 0.717) is 17.5 Å². The average molecular weight is 805 g/mol. The third kappa shape index (κ3) is 6.51. The van der Waals surface area contributed by atoms with Crippen LogP contribution in [0.2, 0.25) is 0 Å². The summed E-state index contributed by atoms with van der Waals surface area (Å²) in [6.07, 6.45) is 0. The van der Waals surface area contributed by atoms with E-state index < -0.39 is 0 Å². The highest BCUT2D eigenvalue weighted by Crippen LogP contribution is 2.40. The molecule has 5 nitrogen and oxygen atoms in total. The van der Waals surface area contributed by atoms with Crippen LogP contribution in [0.1, 0.15) is 0 Å². The molecule has 0 aliphatic heterocycles. The number of rotatable bonds is 7. The second-order valence-corrected chi connectivity index (χ2v) is 15.8. The van der Waals surface area contributed by atoms with Crippen LogP contribution in [0.4, 0.5) is 0 Å². The lowest BCUT2D eigenvalue weighted by molar-refractivity contribution is 0.670. The Labute approximate surface area is 363 Å². The first-order valence-electron chi connectivity index (χ1n) is 21.1. The number of fused-ring (bicyclic) bond motifs is 6. The van der Waals surface area contributed by atoms with Crippen LogP contribution in [0.15, 0.2) is 223 Å². The highest BCUT2D eigenvalue weighted by Gasteiger charge is 2.17. The Morgan fingerprint density at radius 2 is 0.778 bits per heavy atom. The first-order valence-corrected chi connectivity index (χ1v) is 21.1. The minimum Gasteiger partial charge on any atom is -0.455 e. The van der Waals surface area contributed by atoms with Crippen molar-refractivity contribution in [1.29, 1.82) is 0 Å². The van der Waals surface area contributed by atoms with Crippen molar-refractivity contribution in [2.24, 2.45) is 0 Å². The standard InChI is InChI=1S/C58H36N4O/c1-3-15-38(16-4-1)54-50-28-13-25-45(53(50)49-24-7-9-29-51(49)59-54)43-21-11-19-41(35-43)42-20-12-22-44(36-42)58-61-56(39-17-5-2-6-18-39)60-57(62-58)40-33-31-37(32-34-40)46-26-14-27-48-47-23-8-10-30-52(47)63-55(46)48/h1-36H. The van der Waals surface area contributed by atoms with E-state index in [1.165, 1.54) is 5.39 Å². The first kappa shape index (κ1) is 36.3. The molecule has 3 heterocycles. The summed E-state index contributed by atoms with van der Waals surface area (Å²) < 4.78 is 6.37. The summed E-state index contributed by atoms with van der Waals surface area (Å²) in [6.45, 7) is 0. The number of nitrogens with zero attached hydrogens (tertiary/aromatic N) is 4. The van der Waals surface area contributed by atoms with Gasteiger partial charge in [-0.1, -0.05) is 194 Å². The van der Waals surface area contributed by atoms with Crippen molar-refractivity contribution in [3.05, 3.63) is 218 Å². The fourth-order valence-electron chi connectivity index (χ4n) is 8.89. The fraction of sp³-hybridized carbons (Fsp3) is 0. The molecule has 0 radical (unpaired) electrons. The SMILES string of the molecule is c1ccc(-c2nc(-c3ccc(-c4cccc5c4oc4ccccc45)cc3)nc(-c3cccc(-c4cccc(-c5cccc6c(-c7ccccc7)nc7ccccc7c56)c4)c3)n2)cc1. The molecule has 9 aromatic carbocycles. The van der Waals surface area contributed by atoms with Gasteiger partial charge in [-0.2, -0.15) is 0 Å². The Bertz CT molecular complexity index is 3670. The van der Waals surface area contributed by atoms with Gasteiger partial charge in [-0.05, 0) is 52.1 Å². The van der Waals surface area contributed by atoms with Gasteiger partial charge in [0.25, 0.3) is 0 Å². The Kier molecular flexibility index (Phi) is 8.75. The van der Waals surface area contributed by atoms with Crippen molar-refractivity contribution in [2.45, 2.75) is 0 Å². The topological polar surface area (TPSA) is 64.7 Å². The summed E-state index contributed by atoms with van der Waals surface area (Å²) in [5, 5.41) is 5.67. The van der Waals surface area contributed by atoms with Crippen molar-refractivity contribution in [3.63, 3.8) is 0 Å². The second kappa shape index (κ2) is 15.2. The Morgan fingerprint density at radius 1 is 0.286 bits per heavy atom. The molecule has 0 atom stereocenters. The fourth-order valence-corrected chi connectivity index (χ4v) is 8.89. The first-order chi connectivity index (χ1) is 31.2. The van der Waals surface area contributed by atoms with Crippen LogP contribution in [0, 0.1) is 0 Å². The van der Waals surface area contributed by atoms with E-state index in [9.17, 15) is 0 Å². The van der Waals surface area contributed by atoms with Gasteiger partial charge in [-0.3, -0.25) is 0 Å². The second-order valence-electron chi connectivity index (χ2n) is 15.8. The van der Waals surface area contributed by atoms with Crippen LogP contribution in [0.3, 0.4) is 0 Å². The van der Waals surface area contributed by atoms with E-state index in [1.54, 1.807) is 0 Å². The van der Waals surface area contributed by atoms with Crippen LogP contribution in [-0.2, 0) is 0 Å². The van der Waals surface area contributed by atoms with Gasteiger partial charge in [-0.15, -0.1) is 0 Å². The van der Waals surface area contributed by atoms with Crippen LogP contribution in [0.5, 0.6) is 0 Å². The molecule has 0 amide bonds. The number of pyridine rings is 1. The number of aromatic nitrogens is 4. The molecule has 12 aromatic rings. The summed E-state index contributed by atoms with van der Waals surface area (Å²) in [4.78, 5) is 20.4. The minimum atomic E-state index is 0.604. The molecule has 0 unspecified atom stereocenters. The number of benzene rings is 9. The lowest BCUT2D eigenvalue weighted by Crippen LogP contribution is -2.00. The monoisotopic (exact) mass is 804 g/mol. The summed E-state index contributed by atoms with van der Waals surface area (Å²) in [7, 11) is 0. The van der Waals surface area contributed by atoms with E-state index in [2.05, 4.69) is 164 Å². The molecule has 0 aliphatic carbocycles. The number of para-hydroxylation sites is 3. The Morgan fingerprint density at radius 3 is 1.52 bits per heavy atom. The van der Waals surface area contributed by atoms with Crippen LogP contribution in [-0.4, -0.2) is 19.9 Å². The predicted molar refractivity (Wildman–Crippen MR) is 258 cm³/mol. The lowest BCUT2D eigenvalue weighted by atomic mass is 9.91. The molecular formula is C58H36N4O. The maximum absolute atomic E-state index is 6.37. The van der Waals surface area contributed by atoms with Crippen LogP contribution < -0.4 is 0 Å². The third-order valence-corrected chi connectivity index (χ3v) is 11.9. The van der Waals surface area contributed by atoms with Crippen molar-refractivity contribution >= 4 is 43.6 Å². The lowest BCUT2D eigenvalue weighted by Gasteiger charge is -2.15. The predicted octanol–water partition coefficient (Wildman–Crippen LogP) is 15.1. The molecule has 0 fully saturated rings. The Balaban J connectivity index is 0.938. The number of hydrogen-bond donors (Lipinski definition) is 0. The van der Waals surface area contributed by atoms with E-state index in [0.717, 1.165) is 99.6 Å². The summed E-state index contributed by atoms with van der Waals surface area (Å²) in [5.74, 6) is 1.83. The maximum Gasteiger partial charge on any atom is 0.164 e. The molecule has 0 saturated carbocycles. The maximum atomic E-state index is 6.37. The molecule has 0 N–H and O–H groups in total. The van der Waals surface area contributed by atoms with Gasteiger partial charge in [0.05, 0.1) is 11.2 Å². The molecule has 3 aromatic heterocycles. The third-order valence-electron chi connectivity index (χ3n) is 11.9. The molecular weight excluding hydrogens is 769 g/mol. The van der Waals surface area contributed by atoms with Crippen LogP contribution >= 0.6 is 0 Å². The van der Waals surface area contributed by atoms with E-state index in [4.69, 9.17) is 24.4 Å². The molecule has 12 rings (SSSR count). The quantitative estimate of drug-likeness (QED) is 0.150. The van der Waals surface area contributed by atoms with Gasteiger partial charge in [0.2, 0.25) is 0 Å². The minimum absolute atomic E-state index is 0.604. The zero-order valence-corrected chi connectivity index (χ0v) is 34.0. The molecule has 0 spiro atoms. The van der Waals surface area contributed by atoms with Gasteiger partial charge >= 0.3 is 0 Å². The van der Waals surface area contributed by atoms with Crippen molar-refractivity contribution in [2.75, 3.05) is 0 Å². The zero-order chi connectivity index (χ0) is 41.7. The van der Waals surface area contributed by atoms with Gasteiger partial charge in [0.15, 0.2) is 17.5 Å². The van der Waals surface area contributed by atoms with E-state index >= 15 is 0 Å². The summed E-state index contributed by atoms with van der Waals surface area (Å²) >= 11 is 0. The van der Waals surface area contributed by atoms with Gasteiger partial charge in [-0.25, -0.2) is 19.9 Å². The normalized spacial score (nSPS) is 11.5. The molecule has 294 valence electrons. The van der Waals surface area contributed by atoms with Gasteiger partial charge < -0.3 is 4.42 Å². The summed E-state index contributed by atoms with van der Waals surface area (Å²) in [5.41, 5.74) is 14.1.